The minimum Gasteiger partial charge on any atom is -0.497 e. The number of Topliss-reactive ketones (excluding diaryl/α,β-unsaturated/α-hetero) is 1. The molecule has 0 spiro atoms. The molecule has 0 fully saturated rings. The van der Waals surface area contributed by atoms with E-state index in [2.05, 4.69) is 0 Å². The number of carbonyl (C=O) groups excluding carboxylic acids is 1. The summed E-state index contributed by atoms with van der Waals surface area (Å²) in [5.74, 6) is 1.52. The van der Waals surface area contributed by atoms with Crippen LogP contribution in [0.3, 0.4) is 0 Å². The van der Waals surface area contributed by atoms with Crippen LogP contribution in [0.1, 0.15) is 29.3 Å². The standard InChI is InChI=1S/C18H20O3/c1-3-12-21-18-7-5-4-6-16(18)17(19)13-14-8-10-15(20-2)11-9-14/h4-11H,3,12-13H2,1-2H3. The van der Waals surface area contributed by atoms with Crippen LogP contribution >= 0.6 is 0 Å². The van der Waals surface area contributed by atoms with Gasteiger partial charge in [0.15, 0.2) is 5.78 Å². The van der Waals surface area contributed by atoms with E-state index in [1.807, 2.05) is 55.5 Å². The van der Waals surface area contributed by atoms with E-state index < -0.39 is 0 Å². The SMILES string of the molecule is CCCOc1ccccc1C(=O)Cc1ccc(OC)cc1. The Hall–Kier alpha value is -2.29. The molecule has 3 nitrogen and oxygen atoms in total. The summed E-state index contributed by atoms with van der Waals surface area (Å²) in [5, 5.41) is 0. The first-order valence-electron chi connectivity index (χ1n) is 7.12. The number of ketones is 1. The monoisotopic (exact) mass is 284 g/mol. The van der Waals surface area contributed by atoms with Crippen LogP contribution in [0, 0.1) is 0 Å². The van der Waals surface area contributed by atoms with Crippen molar-refractivity contribution in [3.63, 3.8) is 0 Å². The van der Waals surface area contributed by atoms with E-state index in [0.717, 1.165) is 17.7 Å². The lowest BCUT2D eigenvalue weighted by molar-refractivity contribution is 0.0989. The van der Waals surface area contributed by atoms with Gasteiger partial charge in [0.1, 0.15) is 11.5 Å². The first kappa shape index (κ1) is 15.1. The fourth-order valence-electron chi connectivity index (χ4n) is 2.06. The number of hydrogen-bond donors (Lipinski definition) is 0. The van der Waals surface area contributed by atoms with Gasteiger partial charge in [0, 0.05) is 6.42 Å². The Bertz CT molecular complexity index is 588. The minimum absolute atomic E-state index is 0.0619. The number of methoxy groups -OCH3 is 1. The van der Waals surface area contributed by atoms with Crippen LogP contribution in [-0.2, 0) is 6.42 Å². The molecule has 0 radical (unpaired) electrons. The Labute approximate surface area is 125 Å². The predicted octanol–water partition coefficient (Wildman–Crippen LogP) is 3.91. The van der Waals surface area contributed by atoms with Crippen LogP contribution in [0.5, 0.6) is 11.5 Å². The zero-order valence-corrected chi connectivity index (χ0v) is 12.5. The number of rotatable bonds is 7. The topological polar surface area (TPSA) is 35.5 Å². The highest BCUT2D eigenvalue weighted by atomic mass is 16.5. The molecule has 3 heteroatoms. The Morgan fingerprint density at radius 1 is 1.05 bits per heavy atom. The second-order valence-electron chi connectivity index (χ2n) is 4.79. The van der Waals surface area contributed by atoms with Gasteiger partial charge >= 0.3 is 0 Å². The van der Waals surface area contributed by atoms with Crippen LogP contribution in [0.4, 0.5) is 0 Å². The maximum absolute atomic E-state index is 12.4. The first-order chi connectivity index (χ1) is 10.2. The molecule has 2 aromatic carbocycles. The third-order valence-corrected chi connectivity index (χ3v) is 3.17. The molecule has 0 saturated carbocycles. The molecule has 0 atom stereocenters. The van der Waals surface area contributed by atoms with E-state index in [1.54, 1.807) is 7.11 Å². The van der Waals surface area contributed by atoms with Crippen molar-refractivity contribution >= 4 is 5.78 Å². The van der Waals surface area contributed by atoms with Crippen LogP contribution < -0.4 is 9.47 Å². The molecular formula is C18H20O3. The summed E-state index contributed by atoms with van der Waals surface area (Å²) in [6, 6.07) is 15.0. The van der Waals surface area contributed by atoms with E-state index in [-0.39, 0.29) is 5.78 Å². The highest BCUT2D eigenvalue weighted by Crippen LogP contribution is 2.21. The third-order valence-electron chi connectivity index (χ3n) is 3.17. The summed E-state index contributed by atoms with van der Waals surface area (Å²) in [6.07, 6.45) is 1.28. The number of carbonyl (C=O) groups is 1. The number of para-hydroxylation sites is 1. The average molecular weight is 284 g/mol. The molecule has 0 aliphatic carbocycles. The van der Waals surface area contributed by atoms with Gasteiger partial charge in [0.05, 0.1) is 19.3 Å². The minimum atomic E-state index is 0.0619. The van der Waals surface area contributed by atoms with E-state index >= 15 is 0 Å². The maximum Gasteiger partial charge on any atom is 0.170 e. The first-order valence-corrected chi connectivity index (χ1v) is 7.12. The molecular weight excluding hydrogens is 264 g/mol. The fraction of sp³-hybridized carbons (Fsp3) is 0.278. The Morgan fingerprint density at radius 3 is 2.43 bits per heavy atom. The predicted molar refractivity (Wildman–Crippen MR) is 83.3 cm³/mol. The van der Waals surface area contributed by atoms with Crippen molar-refractivity contribution in [1.82, 2.24) is 0 Å². The maximum atomic E-state index is 12.4. The summed E-state index contributed by atoms with van der Waals surface area (Å²) < 4.78 is 10.8. The lowest BCUT2D eigenvalue weighted by atomic mass is 10.0. The number of hydrogen-bond acceptors (Lipinski definition) is 3. The highest BCUT2D eigenvalue weighted by Gasteiger charge is 2.12. The van der Waals surface area contributed by atoms with Crippen LogP contribution in [0.2, 0.25) is 0 Å². The summed E-state index contributed by atoms with van der Waals surface area (Å²) in [4.78, 5) is 12.4. The van der Waals surface area contributed by atoms with Gasteiger partial charge in [-0.05, 0) is 36.2 Å². The molecule has 110 valence electrons. The van der Waals surface area contributed by atoms with Gasteiger partial charge in [-0.25, -0.2) is 0 Å². The molecule has 0 unspecified atom stereocenters. The Balaban J connectivity index is 2.12. The quantitative estimate of drug-likeness (QED) is 0.723. The largest absolute Gasteiger partial charge is 0.497 e. The van der Waals surface area contributed by atoms with Crippen LogP contribution in [0.25, 0.3) is 0 Å². The summed E-state index contributed by atoms with van der Waals surface area (Å²) in [7, 11) is 1.63. The molecule has 0 N–H and O–H groups in total. The smallest absolute Gasteiger partial charge is 0.170 e. The van der Waals surface area contributed by atoms with E-state index in [9.17, 15) is 4.79 Å². The molecule has 0 amide bonds. The number of ether oxygens (including phenoxy) is 2. The Kier molecular flexibility index (Phi) is 5.38. The van der Waals surface area contributed by atoms with Crippen molar-refractivity contribution < 1.29 is 14.3 Å². The fourth-order valence-corrected chi connectivity index (χ4v) is 2.06. The molecule has 0 aliphatic rings. The van der Waals surface area contributed by atoms with Gasteiger partial charge in [0.2, 0.25) is 0 Å². The van der Waals surface area contributed by atoms with Crippen LogP contribution in [-0.4, -0.2) is 19.5 Å². The highest BCUT2D eigenvalue weighted by molar-refractivity contribution is 5.99. The Morgan fingerprint density at radius 2 is 1.76 bits per heavy atom. The molecule has 2 rings (SSSR count). The average Bonchev–Trinajstić information content (AvgIpc) is 2.54. The normalized spacial score (nSPS) is 10.2. The summed E-state index contributed by atoms with van der Waals surface area (Å²) >= 11 is 0. The van der Waals surface area contributed by atoms with Gasteiger partial charge in [0.25, 0.3) is 0 Å². The van der Waals surface area contributed by atoms with Crippen molar-refractivity contribution in [1.29, 1.82) is 0 Å². The van der Waals surface area contributed by atoms with Gasteiger partial charge in [-0.1, -0.05) is 31.2 Å². The van der Waals surface area contributed by atoms with Crippen molar-refractivity contribution in [2.45, 2.75) is 19.8 Å². The molecule has 21 heavy (non-hydrogen) atoms. The van der Waals surface area contributed by atoms with Crippen molar-refractivity contribution in [2.75, 3.05) is 13.7 Å². The lowest BCUT2D eigenvalue weighted by Crippen LogP contribution is -2.07. The van der Waals surface area contributed by atoms with Gasteiger partial charge in [-0.15, -0.1) is 0 Å². The summed E-state index contributed by atoms with van der Waals surface area (Å²) in [5.41, 5.74) is 1.60. The molecule has 0 bridgehead atoms. The molecule has 0 aromatic heterocycles. The molecule has 0 saturated heterocycles. The zero-order chi connectivity index (χ0) is 15.1. The van der Waals surface area contributed by atoms with Crippen molar-refractivity contribution in [2.24, 2.45) is 0 Å². The number of benzene rings is 2. The van der Waals surface area contributed by atoms with Crippen LogP contribution in [0.15, 0.2) is 48.5 Å². The van der Waals surface area contributed by atoms with Gasteiger partial charge in [-0.3, -0.25) is 4.79 Å². The lowest BCUT2D eigenvalue weighted by Gasteiger charge is -2.10. The van der Waals surface area contributed by atoms with Crippen molar-refractivity contribution in [3.8, 4) is 11.5 Å². The third kappa shape index (κ3) is 4.09. The second kappa shape index (κ2) is 7.48. The van der Waals surface area contributed by atoms with Crippen molar-refractivity contribution in [3.05, 3.63) is 59.7 Å². The van der Waals surface area contributed by atoms with Gasteiger partial charge < -0.3 is 9.47 Å². The van der Waals surface area contributed by atoms with E-state index in [0.29, 0.717) is 24.3 Å². The van der Waals surface area contributed by atoms with E-state index in [1.165, 1.54) is 0 Å². The summed E-state index contributed by atoms with van der Waals surface area (Å²) in [6.45, 7) is 2.66. The molecule has 2 aromatic rings. The second-order valence-corrected chi connectivity index (χ2v) is 4.79. The van der Waals surface area contributed by atoms with E-state index in [4.69, 9.17) is 9.47 Å². The molecule has 0 heterocycles. The van der Waals surface area contributed by atoms with Gasteiger partial charge in [-0.2, -0.15) is 0 Å². The zero-order valence-electron chi connectivity index (χ0n) is 12.5. The molecule has 0 aliphatic heterocycles.